The summed E-state index contributed by atoms with van der Waals surface area (Å²) in [4.78, 5) is 0. The van der Waals surface area contributed by atoms with E-state index in [0.29, 0.717) is 0 Å². The predicted octanol–water partition coefficient (Wildman–Crippen LogP) is 2.12. The predicted molar refractivity (Wildman–Crippen MR) is 44.5 cm³/mol. The maximum absolute atomic E-state index is 8.78. The molecule has 53 valence electrons. The van der Waals surface area contributed by atoms with Crippen molar-refractivity contribution in [3.8, 4) is 0 Å². The van der Waals surface area contributed by atoms with Crippen LogP contribution in [-0.4, -0.2) is 5.11 Å². The number of benzene rings is 1. The van der Waals surface area contributed by atoms with Gasteiger partial charge >= 0.3 is 0 Å². The van der Waals surface area contributed by atoms with E-state index in [1.165, 1.54) is 0 Å². The average Bonchev–Trinajstić information content (AvgIpc) is 1.94. The van der Waals surface area contributed by atoms with Crippen molar-refractivity contribution in [3.05, 3.63) is 40.7 Å². The Morgan fingerprint density at radius 2 is 2.20 bits per heavy atom. The lowest BCUT2D eigenvalue weighted by Crippen LogP contribution is -1.86. The van der Waals surface area contributed by atoms with Gasteiger partial charge in [0.1, 0.15) is 0 Å². The minimum absolute atomic E-state index is 0.0538. The molecule has 2 heteroatoms. The molecule has 1 nitrogen and oxygen atoms in total. The molecule has 0 aromatic heterocycles. The van der Waals surface area contributed by atoms with Crippen molar-refractivity contribution in [2.45, 2.75) is 6.61 Å². The van der Waals surface area contributed by atoms with Crippen LogP contribution in [0.4, 0.5) is 0 Å². The molecule has 1 radical (unpaired) electrons. The normalized spacial score (nSPS) is 9.90. The molecule has 0 saturated carbocycles. The summed E-state index contributed by atoms with van der Waals surface area (Å²) < 4.78 is 0.976. The van der Waals surface area contributed by atoms with E-state index in [1.54, 1.807) is 0 Å². The fraction of sp³-hybridized carbons (Fsp3) is 0.125. The SMILES string of the molecule is [CH2]c1ccc(Br)cc1CO. The second kappa shape index (κ2) is 3.17. The first-order chi connectivity index (χ1) is 4.74. The second-order valence-corrected chi connectivity index (χ2v) is 2.99. The molecule has 0 amide bonds. The zero-order valence-electron chi connectivity index (χ0n) is 5.47. The van der Waals surface area contributed by atoms with E-state index in [9.17, 15) is 0 Å². The molecule has 0 spiro atoms. The fourth-order valence-electron chi connectivity index (χ4n) is 0.742. The maximum Gasteiger partial charge on any atom is 0.0684 e. The van der Waals surface area contributed by atoms with Crippen molar-refractivity contribution < 1.29 is 5.11 Å². The van der Waals surface area contributed by atoms with Gasteiger partial charge in [-0.05, 0) is 30.2 Å². The molecule has 0 fully saturated rings. The van der Waals surface area contributed by atoms with Crippen LogP contribution in [0.5, 0.6) is 0 Å². The van der Waals surface area contributed by atoms with Crippen molar-refractivity contribution >= 4 is 15.9 Å². The molecule has 1 N–H and O–H groups in total. The molecule has 1 aromatic rings. The Balaban J connectivity index is 3.09. The Labute approximate surface area is 68.8 Å². The van der Waals surface area contributed by atoms with Gasteiger partial charge in [0.05, 0.1) is 6.61 Å². The smallest absolute Gasteiger partial charge is 0.0684 e. The van der Waals surface area contributed by atoms with Gasteiger partial charge in [0, 0.05) is 4.47 Å². The summed E-state index contributed by atoms with van der Waals surface area (Å²) in [5.74, 6) is 0. The molecule has 0 unspecified atom stereocenters. The molecule has 0 aliphatic rings. The highest BCUT2D eigenvalue weighted by Crippen LogP contribution is 2.15. The van der Waals surface area contributed by atoms with Gasteiger partial charge in [-0.2, -0.15) is 0 Å². The Hall–Kier alpha value is -0.340. The van der Waals surface area contributed by atoms with Gasteiger partial charge in [-0.15, -0.1) is 0 Å². The first kappa shape index (κ1) is 7.76. The summed E-state index contributed by atoms with van der Waals surface area (Å²) in [7, 11) is 0. The van der Waals surface area contributed by atoms with Crippen LogP contribution in [-0.2, 0) is 6.61 Å². The molecule has 0 bridgehead atoms. The van der Waals surface area contributed by atoms with Gasteiger partial charge in [-0.3, -0.25) is 0 Å². The fourth-order valence-corrected chi connectivity index (χ4v) is 1.15. The standard InChI is InChI=1S/C8H8BrO/c1-6-2-3-8(9)4-7(6)5-10/h2-4,10H,1,5H2. The van der Waals surface area contributed by atoms with Gasteiger partial charge in [-0.1, -0.05) is 22.0 Å². The van der Waals surface area contributed by atoms with Crippen LogP contribution >= 0.6 is 15.9 Å². The zero-order valence-corrected chi connectivity index (χ0v) is 7.06. The lowest BCUT2D eigenvalue weighted by molar-refractivity contribution is 0.281. The van der Waals surface area contributed by atoms with Crippen molar-refractivity contribution in [3.63, 3.8) is 0 Å². The summed E-state index contributed by atoms with van der Waals surface area (Å²) in [6.45, 7) is 3.81. The molecule has 0 heterocycles. The van der Waals surface area contributed by atoms with Crippen molar-refractivity contribution in [1.29, 1.82) is 0 Å². The molecule has 0 atom stereocenters. The van der Waals surface area contributed by atoms with E-state index in [-0.39, 0.29) is 6.61 Å². The Morgan fingerprint density at radius 3 is 2.70 bits per heavy atom. The van der Waals surface area contributed by atoms with Gasteiger partial charge in [-0.25, -0.2) is 0 Å². The van der Waals surface area contributed by atoms with E-state index < -0.39 is 0 Å². The molecular formula is C8H8BrO. The molecule has 0 aliphatic carbocycles. The van der Waals surface area contributed by atoms with E-state index in [2.05, 4.69) is 22.9 Å². The van der Waals surface area contributed by atoms with Crippen LogP contribution in [0.1, 0.15) is 11.1 Å². The second-order valence-electron chi connectivity index (χ2n) is 2.07. The van der Waals surface area contributed by atoms with Crippen LogP contribution in [0, 0.1) is 6.92 Å². The number of rotatable bonds is 1. The number of aliphatic hydroxyl groups excluding tert-OH is 1. The van der Waals surface area contributed by atoms with Crippen LogP contribution in [0.25, 0.3) is 0 Å². The van der Waals surface area contributed by atoms with E-state index >= 15 is 0 Å². The quantitative estimate of drug-likeness (QED) is 0.736. The molecule has 1 rings (SSSR count). The largest absolute Gasteiger partial charge is 0.392 e. The minimum Gasteiger partial charge on any atom is -0.392 e. The summed E-state index contributed by atoms with van der Waals surface area (Å²) in [6, 6.07) is 5.64. The van der Waals surface area contributed by atoms with E-state index in [4.69, 9.17) is 5.11 Å². The highest BCUT2D eigenvalue weighted by atomic mass is 79.9. The number of hydrogen-bond acceptors (Lipinski definition) is 1. The monoisotopic (exact) mass is 199 g/mol. The Morgan fingerprint density at radius 1 is 1.50 bits per heavy atom. The van der Waals surface area contributed by atoms with Crippen LogP contribution in [0.15, 0.2) is 22.7 Å². The van der Waals surface area contributed by atoms with Gasteiger partial charge in [0.25, 0.3) is 0 Å². The number of hydrogen-bond donors (Lipinski definition) is 1. The number of aliphatic hydroxyl groups is 1. The minimum atomic E-state index is 0.0538. The average molecular weight is 200 g/mol. The third kappa shape index (κ3) is 1.58. The molecule has 0 saturated heterocycles. The molecular weight excluding hydrogens is 192 g/mol. The van der Waals surface area contributed by atoms with Gasteiger partial charge < -0.3 is 5.11 Å². The van der Waals surface area contributed by atoms with Crippen LogP contribution in [0.2, 0.25) is 0 Å². The Bertz CT molecular complexity index is 233. The lowest BCUT2D eigenvalue weighted by atomic mass is 10.1. The number of halogens is 1. The highest BCUT2D eigenvalue weighted by Gasteiger charge is 1.95. The maximum atomic E-state index is 8.78. The van der Waals surface area contributed by atoms with Crippen LogP contribution in [0.3, 0.4) is 0 Å². The Kier molecular flexibility index (Phi) is 2.46. The summed E-state index contributed by atoms with van der Waals surface area (Å²) in [5, 5.41) is 8.78. The van der Waals surface area contributed by atoms with Crippen molar-refractivity contribution in [1.82, 2.24) is 0 Å². The lowest BCUT2D eigenvalue weighted by Gasteiger charge is -2.00. The topological polar surface area (TPSA) is 20.2 Å². The summed E-state index contributed by atoms with van der Waals surface area (Å²) >= 11 is 3.30. The van der Waals surface area contributed by atoms with Crippen molar-refractivity contribution in [2.75, 3.05) is 0 Å². The first-order valence-corrected chi connectivity index (χ1v) is 3.74. The van der Waals surface area contributed by atoms with Crippen LogP contribution < -0.4 is 0 Å². The summed E-state index contributed by atoms with van der Waals surface area (Å²) in [5.41, 5.74) is 1.75. The molecule has 1 aromatic carbocycles. The molecule has 0 aliphatic heterocycles. The third-order valence-corrected chi connectivity index (χ3v) is 1.83. The van der Waals surface area contributed by atoms with E-state index in [0.717, 1.165) is 15.6 Å². The third-order valence-electron chi connectivity index (χ3n) is 1.34. The van der Waals surface area contributed by atoms with Crippen molar-refractivity contribution in [2.24, 2.45) is 0 Å². The molecule has 10 heavy (non-hydrogen) atoms. The highest BCUT2D eigenvalue weighted by molar-refractivity contribution is 9.10. The van der Waals surface area contributed by atoms with E-state index in [1.807, 2.05) is 18.2 Å². The van der Waals surface area contributed by atoms with Gasteiger partial charge in [0.2, 0.25) is 0 Å². The first-order valence-electron chi connectivity index (χ1n) is 2.95. The zero-order chi connectivity index (χ0) is 7.56. The summed E-state index contributed by atoms with van der Waals surface area (Å²) in [6.07, 6.45) is 0. The van der Waals surface area contributed by atoms with Gasteiger partial charge in [0.15, 0.2) is 0 Å².